The molecule has 2 unspecified atom stereocenters. The van der Waals surface area contributed by atoms with E-state index in [0.29, 0.717) is 11.3 Å². The molecule has 136 valence electrons. The van der Waals surface area contributed by atoms with Gasteiger partial charge in [-0.25, -0.2) is 0 Å². The smallest absolute Gasteiger partial charge is 0.416 e. The quantitative estimate of drug-likeness (QED) is 0.781. The fourth-order valence-corrected chi connectivity index (χ4v) is 2.88. The molecule has 2 atom stereocenters. The van der Waals surface area contributed by atoms with Crippen LogP contribution in [0.4, 0.5) is 13.2 Å². The largest absolute Gasteiger partial charge is 0.598 e. The van der Waals surface area contributed by atoms with Crippen molar-refractivity contribution in [3.05, 3.63) is 53.9 Å². The van der Waals surface area contributed by atoms with Crippen LogP contribution in [0.5, 0.6) is 0 Å². The lowest BCUT2D eigenvalue weighted by molar-refractivity contribution is -0.137. The molecule has 0 saturated carbocycles. The molecule has 1 aromatic carbocycles. The van der Waals surface area contributed by atoms with Crippen LogP contribution in [0.3, 0.4) is 0 Å². The van der Waals surface area contributed by atoms with E-state index < -0.39 is 23.1 Å². The summed E-state index contributed by atoms with van der Waals surface area (Å²) in [4.78, 5) is 4.34. The summed E-state index contributed by atoms with van der Waals surface area (Å²) in [6.45, 7) is 7.50. The van der Waals surface area contributed by atoms with Gasteiger partial charge in [0.15, 0.2) is 0 Å². The zero-order valence-electron chi connectivity index (χ0n) is 14.5. The van der Waals surface area contributed by atoms with Gasteiger partial charge in [-0.05, 0) is 51.5 Å². The minimum Gasteiger partial charge on any atom is -0.598 e. The van der Waals surface area contributed by atoms with Crippen LogP contribution in [-0.4, -0.2) is 14.3 Å². The molecule has 1 heterocycles. The van der Waals surface area contributed by atoms with Gasteiger partial charge >= 0.3 is 6.18 Å². The molecule has 1 N–H and O–H groups in total. The van der Waals surface area contributed by atoms with Crippen LogP contribution >= 0.6 is 0 Å². The highest BCUT2D eigenvalue weighted by molar-refractivity contribution is 7.90. The van der Waals surface area contributed by atoms with E-state index in [1.807, 2.05) is 27.7 Å². The number of halogens is 3. The minimum absolute atomic E-state index is 0.207. The fourth-order valence-electron chi connectivity index (χ4n) is 2.08. The number of rotatable bonds is 4. The molecule has 0 radical (unpaired) electrons. The molecule has 7 heteroatoms. The van der Waals surface area contributed by atoms with E-state index in [4.69, 9.17) is 0 Å². The Balaban J connectivity index is 2.12. The predicted octanol–water partition coefficient (Wildman–Crippen LogP) is 4.88. The molecule has 0 bridgehead atoms. The third-order valence-corrected chi connectivity index (χ3v) is 5.30. The molecule has 0 saturated heterocycles. The number of benzene rings is 1. The zero-order chi connectivity index (χ0) is 18.8. The summed E-state index contributed by atoms with van der Waals surface area (Å²) in [6.07, 6.45) is -2.74. The van der Waals surface area contributed by atoms with Gasteiger partial charge in [0.25, 0.3) is 0 Å². The molecule has 0 fully saturated rings. The third-order valence-electron chi connectivity index (χ3n) is 3.62. The molecule has 0 aliphatic rings. The van der Waals surface area contributed by atoms with Crippen molar-refractivity contribution in [1.29, 1.82) is 0 Å². The van der Waals surface area contributed by atoms with Gasteiger partial charge in [0.05, 0.1) is 17.3 Å². The zero-order valence-corrected chi connectivity index (χ0v) is 15.3. The first-order valence-corrected chi connectivity index (χ1v) is 8.95. The number of alkyl halides is 3. The second-order valence-corrected chi connectivity index (χ2v) is 8.77. The van der Waals surface area contributed by atoms with Gasteiger partial charge < -0.3 is 4.55 Å². The normalized spacial score (nSPS) is 15.0. The molecule has 0 aliphatic carbocycles. The Kier molecular flexibility index (Phi) is 5.81. The van der Waals surface area contributed by atoms with Crippen LogP contribution in [0.15, 0.2) is 42.6 Å². The van der Waals surface area contributed by atoms with E-state index in [2.05, 4.69) is 9.71 Å². The Morgan fingerprint density at radius 3 is 2.00 bits per heavy atom. The number of hydrogen-bond acceptors (Lipinski definition) is 3. The van der Waals surface area contributed by atoms with Gasteiger partial charge in [-0.2, -0.15) is 13.2 Å². The highest BCUT2D eigenvalue weighted by Gasteiger charge is 2.30. The highest BCUT2D eigenvalue weighted by Crippen LogP contribution is 2.31. The van der Waals surface area contributed by atoms with Crippen LogP contribution in [-0.2, 0) is 17.5 Å². The number of nitrogens with zero attached hydrogens (tertiary/aromatic N) is 1. The molecule has 0 spiro atoms. The molecule has 1 aromatic heterocycles. The Labute approximate surface area is 149 Å². The van der Waals surface area contributed by atoms with Crippen molar-refractivity contribution >= 4 is 11.4 Å². The van der Waals surface area contributed by atoms with E-state index in [9.17, 15) is 17.7 Å². The van der Waals surface area contributed by atoms with Gasteiger partial charge in [-0.3, -0.25) is 4.98 Å². The summed E-state index contributed by atoms with van der Waals surface area (Å²) >= 11 is -1.22. The SMILES string of the molecule is CC(N[S+]([O-])C(C)(C)C)c1ccc(-c2ccc(C(F)(F)F)cc2)cn1. The molecule has 0 aliphatic heterocycles. The van der Waals surface area contributed by atoms with E-state index in [1.165, 1.54) is 12.1 Å². The number of pyridine rings is 1. The topological polar surface area (TPSA) is 48.0 Å². The first kappa shape index (κ1) is 19.8. The molecule has 2 aromatic rings. The first-order valence-electron chi connectivity index (χ1n) is 7.80. The molecule has 2 rings (SSSR count). The summed E-state index contributed by atoms with van der Waals surface area (Å²) in [6, 6.07) is 8.33. The van der Waals surface area contributed by atoms with Crippen LogP contribution in [0, 0.1) is 0 Å². The predicted molar refractivity (Wildman–Crippen MR) is 94.1 cm³/mol. The maximum Gasteiger partial charge on any atom is 0.416 e. The number of nitrogens with one attached hydrogen (secondary N) is 1. The van der Waals surface area contributed by atoms with E-state index in [1.54, 1.807) is 18.3 Å². The maximum absolute atomic E-state index is 12.6. The lowest BCUT2D eigenvalue weighted by Gasteiger charge is -2.26. The molecule has 3 nitrogen and oxygen atoms in total. The lowest BCUT2D eigenvalue weighted by Crippen LogP contribution is -2.40. The van der Waals surface area contributed by atoms with Gasteiger partial charge in [0, 0.05) is 23.1 Å². The van der Waals surface area contributed by atoms with Crippen molar-refractivity contribution in [1.82, 2.24) is 9.71 Å². The molecule has 25 heavy (non-hydrogen) atoms. The summed E-state index contributed by atoms with van der Waals surface area (Å²) in [5.41, 5.74) is 1.42. The monoisotopic (exact) mass is 370 g/mol. The van der Waals surface area contributed by atoms with Crippen LogP contribution < -0.4 is 4.72 Å². The summed E-state index contributed by atoms with van der Waals surface area (Å²) < 4.78 is 52.6. The minimum atomic E-state index is -4.34. The van der Waals surface area contributed by atoms with E-state index >= 15 is 0 Å². The average molecular weight is 370 g/mol. The van der Waals surface area contributed by atoms with Crippen LogP contribution in [0.2, 0.25) is 0 Å². The second kappa shape index (κ2) is 7.35. The average Bonchev–Trinajstić information content (AvgIpc) is 2.53. The Hall–Kier alpha value is -1.57. The second-order valence-electron chi connectivity index (χ2n) is 6.77. The standard InChI is InChI=1S/C18H21F3N2OS/c1-12(23-25(24)17(2,3)4)16-10-7-14(11-22-16)13-5-8-15(9-6-13)18(19,20)21/h5-12,23H,1-4H3. The Morgan fingerprint density at radius 1 is 1.00 bits per heavy atom. The summed E-state index contributed by atoms with van der Waals surface area (Å²) in [5, 5.41) is 0. The maximum atomic E-state index is 12.6. The highest BCUT2D eigenvalue weighted by atomic mass is 32.2. The van der Waals surface area contributed by atoms with Crippen molar-refractivity contribution in [3.8, 4) is 11.1 Å². The van der Waals surface area contributed by atoms with Crippen molar-refractivity contribution in [2.24, 2.45) is 0 Å². The van der Waals surface area contributed by atoms with Crippen LogP contribution in [0.25, 0.3) is 11.1 Å². The third kappa shape index (κ3) is 5.20. The fraction of sp³-hybridized carbons (Fsp3) is 0.389. The van der Waals surface area contributed by atoms with Gasteiger partial charge in [0.1, 0.15) is 4.75 Å². The van der Waals surface area contributed by atoms with Crippen LogP contribution in [0.1, 0.15) is 45.0 Å². The van der Waals surface area contributed by atoms with Gasteiger partial charge in [-0.1, -0.05) is 18.2 Å². The number of aromatic nitrogens is 1. The lowest BCUT2D eigenvalue weighted by atomic mass is 10.0. The Bertz CT molecular complexity index is 694. The number of hydrogen-bond donors (Lipinski definition) is 1. The van der Waals surface area contributed by atoms with Crippen molar-refractivity contribution < 1.29 is 17.7 Å². The Morgan fingerprint density at radius 2 is 1.56 bits per heavy atom. The van der Waals surface area contributed by atoms with Crippen molar-refractivity contribution in [3.63, 3.8) is 0 Å². The van der Waals surface area contributed by atoms with Crippen molar-refractivity contribution in [2.75, 3.05) is 0 Å². The van der Waals surface area contributed by atoms with Gasteiger partial charge in [-0.15, -0.1) is 4.72 Å². The molecular weight excluding hydrogens is 349 g/mol. The summed E-state index contributed by atoms with van der Waals surface area (Å²) in [5.74, 6) is 0. The first-order chi connectivity index (χ1) is 11.5. The van der Waals surface area contributed by atoms with Crippen molar-refractivity contribution in [2.45, 2.75) is 44.7 Å². The molecular formula is C18H21F3N2OS. The van der Waals surface area contributed by atoms with Gasteiger partial charge in [0.2, 0.25) is 0 Å². The van der Waals surface area contributed by atoms with E-state index in [0.717, 1.165) is 17.7 Å². The molecule has 0 amide bonds. The van der Waals surface area contributed by atoms with E-state index in [-0.39, 0.29) is 10.8 Å². The summed E-state index contributed by atoms with van der Waals surface area (Å²) in [7, 11) is 0.